The smallest absolute Gasteiger partial charge is 0.280 e. The molecule has 8 nitrogen and oxygen atoms in total. The number of carbonyl (C=O) groups excluding carboxylic acids is 2. The Morgan fingerprint density at radius 1 is 1.19 bits per heavy atom. The quantitative estimate of drug-likeness (QED) is 0.552. The van der Waals surface area contributed by atoms with Gasteiger partial charge in [-0.1, -0.05) is 24.3 Å². The molecule has 1 aliphatic heterocycles. The van der Waals surface area contributed by atoms with Crippen LogP contribution in [-0.2, 0) is 9.59 Å². The van der Waals surface area contributed by atoms with E-state index < -0.39 is 0 Å². The van der Waals surface area contributed by atoms with Crippen molar-refractivity contribution in [3.05, 3.63) is 71.2 Å². The third-order valence-electron chi connectivity index (χ3n) is 4.60. The average Bonchev–Trinajstić information content (AvgIpc) is 3.42. The topological polar surface area (TPSA) is 93.1 Å². The normalized spacial score (nSPS) is 14.4. The Bertz CT molecular complexity index is 1190. The van der Waals surface area contributed by atoms with Gasteiger partial charge in [0.15, 0.2) is 23.2 Å². The van der Waals surface area contributed by atoms with Gasteiger partial charge < -0.3 is 9.47 Å². The van der Waals surface area contributed by atoms with Crippen LogP contribution in [0.5, 0.6) is 11.5 Å². The van der Waals surface area contributed by atoms with Crippen LogP contribution in [0.1, 0.15) is 12.5 Å². The summed E-state index contributed by atoms with van der Waals surface area (Å²) in [4.78, 5) is 28.9. The van der Waals surface area contributed by atoms with Gasteiger partial charge in [0.2, 0.25) is 0 Å². The van der Waals surface area contributed by atoms with Gasteiger partial charge in [-0.05, 0) is 42.8 Å². The number of anilines is 2. The number of nitrogens with one attached hydrogen (secondary N) is 1. The summed E-state index contributed by atoms with van der Waals surface area (Å²) in [6.45, 7) is 1.61. The standard InChI is InChI=1S/C23H20N4O4S/c1-15-18(22(29)27(26-15)17-6-4-3-5-7-17)12-16-8-9-19(20(13-16)30-2)31-14-21(28)25-23-24-10-11-32-23/h3-13H,14H2,1-2H3,(H,24,25,28)/b18-12-. The first kappa shape index (κ1) is 21.3. The Morgan fingerprint density at radius 3 is 2.72 bits per heavy atom. The minimum Gasteiger partial charge on any atom is -0.493 e. The predicted molar refractivity (Wildman–Crippen MR) is 124 cm³/mol. The highest BCUT2D eigenvalue weighted by atomic mass is 32.1. The first-order valence-electron chi connectivity index (χ1n) is 9.72. The Morgan fingerprint density at radius 2 is 2.00 bits per heavy atom. The fraction of sp³-hybridized carbons (Fsp3) is 0.130. The molecule has 2 amide bonds. The number of benzene rings is 2. The summed E-state index contributed by atoms with van der Waals surface area (Å²) in [5.74, 6) is 0.337. The molecule has 1 aliphatic rings. The summed E-state index contributed by atoms with van der Waals surface area (Å²) in [7, 11) is 1.51. The third-order valence-corrected chi connectivity index (χ3v) is 5.29. The molecule has 2 heterocycles. The molecule has 32 heavy (non-hydrogen) atoms. The SMILES string of the molecule is COc1cc(/C=C2\C(=O)N(c3ccccc3)N=C2C)ccc1OCC(=O)Nc1nccs1. The molecule has 0 spiro atoms. The van der Waals surface area contributed by atoms with E-state index in [1.165, 1.54) is 23.5 Å². The molecule has 0 saturated heterocycles. The summed E-state index contributed by atoms with van der Waals surface area (Å²) in [5, 5.41) is 10.7. The van der Waals surface area contributed by atoms with Gasteiger partial charge in [-0.15, -0.1) is 11.3 Å². The number of ether oxygens (including phenoxy) is 2. The van der Waals surface area contributed by atoms with Gasteiger partial charge >= 0.3 is 0 Å². The fourth-order valence-corrected chi connectivity index (χ4v) is 3.62. The number of methoxy groups -OCH3 is 1. The van der Waals surface area contributed by atoms with Gasteiger partial charge in [0.1, 0.15) is 0 Å². The van der Waals surface area contributed by atoms with Gasteiger partial charge in [-0.25, -0.2) is 4.98 Å². The lowest BCUT2D eigenvalue weighted by Gasteiger charge is -2.12. The lowest BCUT2D eigenvalue weighted by molar-refractivity contribution is -0.118. The van der Waals surface area contributed by atoms with Crippen molar-refractivity contribution in [2.24, 2.45) is 5.10 Å². The van der Waals surface area contributed by atoms with E-state index in [0.29, 0.717) is 33.6 Å². The summed E-state index contributed by atoms with van der Waals surface area (Å²) in [5.41, 5.74) is 2.57. The van der Waals surface area contributed by atoms with E-state index in [1.807, 2.05) is 30.3 Å². The first-order chi connectivity index (χ1) is 15.5. The molecule has 0 aliphatic carbocycles. The van der Waals surface area contributed by atoms with Crippen molar-refractivity contribution in [1.82, 2.24) is 4.98 Å². The van der Waals surface area contributed by atoms with E-state index in [9.17, 15) is 9.59 Å². The second-order valence-corrected chi connectivity index (χ2v) is 7.67. The van der Waals surface area contributed by atoms with Crippen molar-refractivity contribution >= 4 is 45.8 Å². The number of rotatable bonds is 7. The van der Waals surface area contributed by atoms with E-state index in [2.05, 4.69) is 15.4 Å². The van der Waals surface area contributed by atoms with Gasteiger partial charge in [-0.2, -0.15) is 10.1 Å². The second-order valence-electron chi connectivity index (χ2n) is 6.78. The number of nitrogens with zero attached hydrogens (tertiary/aromatic N) is 3. The number of hydrogen-bond acceptors (Lipinski definition) is 7. The van der Waals surface area contributed by atoms with Crippen LogP contribution in [0.25, 0.3) is 6.08 Å². The van der Waals surface area contributed by atoms with E-state index in [4.69, 9.17) is 9.47 Å². The van der Waals surface area contributed by atoms with Crippen molar-refractivity contribution in [3.8, 4) is 11.5 Å². The molecule has 0 radical (unpaired) electrons. The maximum Gasteiger partial charge on any atom is 0.280 e. The van der Waals surface area contributed by atoms with Crippen LogP contribution in [0.15, 0.2) is 70.8 Å². The molecule has 0 atom stereocenters. The van der Waals surface area contributed by atoms with E-state index >= 15 is 0 Å². The number of para-hydroxylation sites is 1. The molecule has 9 heteroatoms. The highest BCUT2D eigenvalue weighted by Gasteiger charge is 2.28. The van der Waals surface area contributed by atoms with Crippen LogP contribution >= 0.6 is 11.3 Å². The van der Waals surface area contributed by atoms with Gasteiger partial charge in [0.05, 0.1) is 24.1 Å². The van der Waals surface area contributed by atoms with Crippen LogP contribution in [-0.4, -0.2) is 36.2 Å². The summed E-state index contributed by atoms with van der Waals surface area (Å²) in [6, 6.07) is 14.5. The zero-order valence-electron chi connectivity index (χ0n) is 17.4. The highest BCUT2D eigenvalue weighted by Crippen LogP contribution is 2.30. The lowest BCUT2D eigenvalue weighted by Crippen LogP contribution is -2.21. The Labute approximate surface area is 188 Å². The number of thiazole rings is 1. The molecular weight excluding hydrogens is 428 g/mol. The number of hydrazone groups is 1. The number of hydrogen-bond donors (Lipinski definition) is 1. The second kappa shape index (κ2) is 9.44. The van der Waals surface area contributed by atoms with Crippen LogP contribution in [0.2, 0.25) is 0 Å². The molecule has 0 unspecified atom stereocenters. The van der Waals surface area contributed by atoms with Crippen molar-refractivity contribution in [2.45, 2.75) is 6.92 Å². The number of amides is 2. The van der Waals surface area contributed by atoms with Gasteiger partial charge in [0, 0.05) is 11.6 Å². The molecule has 0 bridgehead atoms. The third kappa shape index (κ3) is 4.68. The van der Waals surface area contributed by atoms with E-state index in [1.54, 1.807) is 42.8 Å². The summed E-state index contributed by atoms with van der Waals surface area (Å²) >= 11 is 1.33. The first-order valence-corrected chi connectivity index (χ1v) is 10.6. The predicted octanol–water partition coefficient (Wildman–Crippen LogP) is 3.98. The zero-order valence-corrected chi connectivity index (χ0v) is 18.3. The average molecular weight is 449 g/mol. The molecule has 0 fully saturated rings. The van der Waals surface area contributed by atoms with Crippen molar-refractivity contribution in [3.63, 3.8) is 0 Å². The van der Waals surface area contributed by atoms with Crippen LogP contribution in [0.3, 0.4) is 0 Å². The molecule has 4 rings (SSSR count). The zero-order chi connectivity index (χ0) is 22.5. The monoisotopic (exact) mass is 448 g/mol. The van der Waals surface area contributed by atoms with Crippen LogP contribution in [0.4, 0.5) is 10.8 Å². The molecule has 2 aromatic carbocycles. The van der Waals surface area contributed by atoms with E-state index in [-0.39, 0.29) is 18.4 Å². The molecule has 1 aromatic heterocycles. The minimum atomic E-state index is -0.322. The van der Waals surface area contributed by atoms with Crippen molar-refractivity contribution < 1.29 is 19.1 Å². The largest absolute Gasteiger partial charge is 0.493 e. The number of carbonyl (C=O) groups is 2. The fourth-order valence-electron chi connectivity index (χ4n) is 3.07. The van der Waals surface area contributed by atoms with Crippen LogP contribution < -0.4 is 19.8 Å². The molecule has 162 valence electrons. The van der Waals surface area contributed by atoms with Crippen molar-refractivity contribution in [1.29, 1.82) is 0 Å². The van der Waals surface area contributed by atoms with E-state index in [0.717, 1.165) is 5.56 Å². The van der Waals surface area contributed by atoms with Gasteiger partial charge in [-0.3, -0.25) is 14.9 Å². The van der Waals surface area contributed by atoms with Crippen molar-refractivity contribution in [2.75, 3.05) is 24.0 Å². The Kier molecular flexibility index (Phi) is 6.27. The highest BCUT2D eigenvalue weighted by molar-refractivity contribution is 7.13. The minimum absolute atomic E-state index is 0.188. The lowest BCUT2D eigenvalue weighted by atomic mass is 10.1. The Balaban J connectivity index is 1.48. The molecule has 3 aromatic rings. The summed E-state index contributed by atoms with van der Waals surface area (Å²) in [6.07, 6.45) is 3.36. The Hall–Kier alpha value is -3.98. The van der Waals surface area contributed by atoms with Crippen LogP contribution in [0, 0.1) is 0 Å². The summed E-state index contributed by atoms with van der Waals surface area (Å²) < 4.78 is 11.0. The van der Waals surface area contributed by atoms with Gasteiger partial charge in [0.25, 0.3) is 11.8 Å². The molecule has 0 saturated carbocycles. The number of aromatic nitrogens is 1. The maximum atomic E-state index is 12.9. The molecular formula is C23H20N4O4S. The maximum absolute atomic E-state index is 12.9. The molecule has 1 N–H and O–H groups in total.